The predicted octanol–water partition coefficient (Wildman–Crippen LogP) is 4.74. The van der Waals surface area contributed by atoms with Crippen LogP contribution >= 0.6 is 11.8 Å². The van der Waals surface area contributed by atoms with Crippen LogP contribution in [0.1, 0.15) is 25.5 Å². The lowest BCUT2D eigenvalue weighted by Gasteiger charge is -2.20. The van der Waals surface area contributed by atoms with Gasteiger partial charge in [0.05, 0.1) is 34.4 Å². The highest BCUT2D eigenvalue weighted by atomic mass is 32.2. The van der Waals surface area contributed by atoms with Crippen molar-refractivity contribution in [3.63, 3.8) is 0 Å². The number of para-hydroxylation sites is 1. The van der Waals surface area contributed by atoms with E-state index in [0.29, 0.717) is 16.1 Å². The van der Waals surface area contributed by atoms with Crippen LogP contribution < -0.4 is 10.9 Å². The van der Waals surface area contributed by atoms with Gasteiger partial charge in [0.15, 0.2) is 5.16 Å². The second-order valence-electron chi connectivity index (χ2n) is 7.22. The van der Waals surface area contributed by atoms with Gasteiger partial charge < -0.3 is 10.1 Å². The number of nitrogens with one attached hydrogen (secondary N) is 1. The zero-order chi connectivity index (χ0) is 23.5. The summed E-state index contributed by atoms with van der Waals surface area (Å²) in [7, 11) is 1.52. The summed E-state index contributed by atoms with van der Waals surface area (Å²) in [6.45, 7) is 3.66. The van der Waals surface area contributed by atoms with Crippen molar-refractivity contribution >= 4 is 34.3 Å². The Labute approximate surface area is 186 Å². The Bertz CT molecular complexity index is 1180. The number of amides is 1. The Kier molecular flexibility index (Phi) is 7.25. The van der Waals surface area contributed by atoms with Gasteiger partial charge in [0.1, 0.15) is 0 Å². The number of hydrogen-bond acceptors (Lipinski definition) is 5. The number of methoxy groups -OCH3 is 1. The number of halogens is 3. The number of hydrogen-bond donors (Lipinski definition) is 1. The molecule has 32 heavy (non-hydrogen) atoms. The molecule has 0 saturated carbocycles. The van der Waals surface area contributed by atoms with Gasteiger partial charge in [-0.15, -0.1) is 0 Å². The number of thioether (sulfide) groups is 1. The molecule has 0 spiro atoms. The Morgan fingerprint density at radius 3 is 2.59 bits per heavy atom. The quantitative estimate of drug-likeness (QED) is 0.403. The van der Waals surface area contributed by atoms with E-state index < -0.39 is 22.9 Å². The standard InChI is InChI=1S/C22H22F3N3O3S/c1-13(12-31-3)28-20(30)17-9-4-5-10-18(17)27-21(28)32-14(2)19(29)26-16-8-6-7-15(11-16)22(23,24)25/h4-11,13-14H,12H2,1-3H3,(H,26,29). The van der Waals surface area contributed by atoms with E-state index in [1.54, 1.807) is 38.1 Å². The summed E-state index contributed by atoms with van der Waals surface area (Å²) in [5.74, 6) is -0.511. The molecule has 0 aliphatic carbocycles. The van der Waals surface area contributed by atoms with Gasteiger partial charge in [-0.1, -0.05) is 30.0 Å². The van der Waals surface area contributed by atoms with E-state index in [4.69, 9.17) is 4.74 Å². The lowest BCUT2D eigenvalue weighted by molar-refractivity contribution is -0.137. The highest BCUT2D eigenvalue weighted by molar-refractivity contribution is 8.00. The number of benzene rings is 2. The summed E-state index contributed by atoms with van der Waals surface area (Å²) in [4.78, 5) is 30.3. The van der Waals surface area contributed by atoms with Crippen molar-refractivity contribution in [3.8, 4) is 0 Å². The molecule has 0 aliphatic heterocycles. The number of alkyl halides is 3. The largest absolute Gasteiger partial charge is 0.416 e. The Morgan fingerprint density at radius 1 is 1.19 bits per heavy atom. The number of nitrogens with zero attached hydrogens (tertiary/aromatic N) is 2. The summed E-state index contributed by atoms with van der Waals surface area (Å²) in [5.41, 5.74) is -0.581. The van der Waals surface area contributed by atoms with E-state index in [0.717, 1.165) is 23.9 Å². The molecule has 0 saturated heterocycles. The molecule has 1 amide bonds. The summed E-state index contributed by atoms with van der Waals surface area (Å²) in [5, 5.41) is 2.53. The highest BCUT2D eigenvalue weighted by Crippen LogP contribution is 2.31. The first kappa shape index (κ1) is 23.8. The third kappa shape index (κ3) is 5.31. The van der Waals surface area contributed by atoms with Crippen molar-refractivity contribution in [2.45, 2.75) is 36.5 Å². The highest BCUT2D eigenvalue weighted by Gasteiger charge is 2.30. The maximum absolute atomic E-state index is 13.1. The fourth-order valence-electron chi connectivity index (χ4n) is 3.14. The van der Waals surface area contributed by atoms with E-state index in [1.165, 1.54) is 23.8 Å². The number of fused-ring (bicyclic) bond motifs is 1. The molecular weight excluding hydrogens is 443 g/mol. The lowest BCUT2D eigenvalue weighted by Crippen LogP contribution is -2.30. The second kappa shape index (κ2) is 9.74. The zero-order valence-corrected chi connectivity index (χ0v) is 18.5. The van der Waals surface area contributed by atoms with Gasteiger partial charge in [-0.05, 0) is 44.2 Å². The lowest BCUT2D eigenvalue weighted by atomic mass is 10.2. The summed E-state index contributed by atoms with van der Waals surface area (Å²) < 4.78 is 45.5. The molecule has 0 bridgehead atoms. The van der Waals surface area contributed by atoms with Crippen molar-refractivity contribution in [1.82, 2.24) is 9.55 Å². The first-order valence-electron chi connectivity index (χ1n) is 9.76. The van der Waals surface area contributed by atoms with Crippen LogP contribution in [0.3, 0.4) is 0 Å². The smallest absolute Gasteiger partial charge is 0.383 e. The maximum Gasteiger partial charge on any atom is 0.416 e. The predicted molar refractivity (Wildman–Crippen MR) is 118 cm³/mol. The van der Waals surface area contributed by atoms with Crippen molar-refractivity contribution in [2.24, 2.45) is 0 Å². The van der Waals surface area contributed by atoms with Gasteiger partial charge in [-0.2, -0.15) is 13.2 Å². The molecule has 2 unspecified atom stereocenters. The van der Waals surface area contributed by atoms with Crippen LogP contribution in [0, 0.1) is 0 Å². The van der Waals surface area contributed by atoms with Gasteiger partial charge in [-0.3, -0.25) is 14.2 Å². The number of aromatic nitrogens is 2. The Morgan fingerprint density at radius 2 is 1.91 bits per heavy atom. The molecule has 3 aromatic rings. The molecule has 2 atom stereocenters. The molecule has 2 aromatic carbocycles. The van der Waals surface area contributed by atoms with Gasteiger partial charge >= 0.3 is 6.18 Å². The third-order valence-electron chi connectivity index (χ3n) is 4.73. The number of rotatable bonds is 7. The number of carbonyl (C=O) groups is 1. The molecule has 1 N–H and O–H groups in total. The van der Waals surface area contributed by atoms with Crippen LogP contribution in [-0.2, 0) is 15.7 Å². The first-order valence-corrected chi connectivity index (χ1v) is 10.6. The topological polar surface area (TPSA) is 73.2 Å². The van der Waals surface area contributed by atoms with Crippen LogP contribution in [0.2, 0.25) is 0 Å². The van der Waals surface area contributed by atoms with Crippen molar-refractivity contribution in [2.75, 3.05) is 19.0 Å². The minimum absolute atomic E-state index is 0.0360. The maximum atomic E-state index is 13.1. The minimum atomic E-state index is -4.51. The molecule has 3 rings (SSSR count). The Balaban J connectivity index is 1.89. The molecule has 10 heteroatoms. The van der Waals surface area contributed by atoms with Gasteiger partial charge in [0.2, 0.25) is 5.91 Å². The van der Waals surface area contributed by atoms with Crippen LogP contribution in [0.4, 0.5) is 18.9 Å². The van der Waals surface area contributed by atoms with Gasteiger partial charge in [-0.25, -0.2) is 4.98 Å². The summed E-state index contributed by atoms with van der Waals surface area (Å²) >= 11 is 1.05. The molecule has 170 valence electrons. The Hall–Kier alpha value is -2.85. The van der Waals surface area contributed by atoms with Crippen molar-refractivity contribution < 1.29 is 22.7 Å². The normalized spacial score (nSPS) is 13.7. The second-order valence-corrected chi connectivity index (χ2v) is 8.53. The van der Waals surface area contributed by atoms with Gasteiger partial charge in [0.25, 0.3) is 5.56 Å². The van der Waals surface area contributed by atoms with Crippen LogP contribution in [-0.4, -0.2) is 34.4 Å². The number of carbonyl (C=O) groups excluding carboxylic acids is 1. The van der Waals surface area contributed by atoms with E-state index in [9.17, 15) is 22.8 Å². The molecule has 0 radical (unpaired) electrons. The van der Waals surface area contributed by atoms with E-state index in [1.807, 2.05) is 0 Å². The van der Waals surface area contributed by atoms with E-state index in [2.05, 4.69) is 10.3 Å². The minimum Gasteiger partial charge on any atom is -0.383 e. The number of anilines is 1. The van der Waals surface area contributed by atoms with Crippen molar-refractivity contribution in [1.29, 1.82) is 0 Å². The van der Waals surface area contributed by atoms with E-state index >= 15 is 0 Å². The molecular formula is C22H22F3N3O3S. The monoisotopic (exact) mass is 465 g/mol. The SMILES string of the molecule is COCC(C)n1c(SC(C)C(=O)Nc2cccc(C(F)(F)F)c2)nc2ccccc2c1=O. The fraction of sp³-hybridized carbons (Fsp3) is 0.318. The first-order chi connectivity index (χ1) is 15.1. The average molecular weight is 465 g/mol. The van der Waals surface area contributed by atoms with Crippen molar-refractivity contribution in [3.05, 3.63) is 64.4 Å². The molecule has 6 nitrogen and oxygen atoms in total. The molecule has 1 heterocycles. The molecule has 0 fully saturated rings. The summed E-state index contributed by atoms with van der Waals surface area (Å²) in [6, 6.07) is 11.0. The molecule has 1 aromatic heterocycles. The van der Waals surface area contributed by atoms with Crippen LogP contribution in [0.15, 0.2) is 58.5 Å². The van der Waals surface area contributed by atoms with Crippen LogP contribution in [0.5, 0.6) is 0 Å². The van der Waals surface area contributed by atoms with Crippen LogP contribution in [0.25, 0.3) is 10.9 Å². The average Bonchev–Trinajstić information content (AvgIpc) is 2.73. The van der Waals surface area contributed by atoms with Gasteiger partial charge in [0, 0.05) is 12.8 Å². The summed E-state index contributed by atoms with van der Waals surface area (Å²) in [6.07, 6.45) is -4.51. The fourth-order valence-corrected chi connectivity index (χ4v) is 4.15. The zero-order valence-electron chi connectivity index (χ0n) is 17.6. The van der Waals surface area contributed by atoms with E-state index in [-0.39, 0.29) is 23.9 Å². The molecule has 0 aliphatic rings. The number of ether oxygens (including phenoxy) is 1. The third-order valence-corrected chi connectivity index (χ3v) is 5.80.